The number of anilines is 1. The highest BCUT2D eigenvalue weighted by Crippen LogP contribution is 2.25. The predicted octanol–water partition coefficient (Wildman–Crippen LogP) is 2.11. The van der Waals surface area contributed by atoms with Crippen molar-refractivity contribution in [3.05, 3.63) is 24.0 Å². The van der Waals surface area contributed by atoms with Crippen LogP contribution in [0.5, 0.6) is 0 Å². The van der Waals surface area contributed by atoms with Crippen molar-refractivity contribution in [1.82, 2.24) is 5.32 Å². The summed E-state index contributed by atoms with van der Waals surface area (Å²) in [4.78, 5) is 0.966. The monoisotopic (exact) mass is 226 g/mol. The molecule has 1 atom stereocenters. The number of nitrogens with two attached hydrogens (primary N) is 1. The molecule has 1 unspecified atom stereocenters. The van der Waals surface area contributed by atoms with E-state index in [2.05, 4.69) is 5.32 Å². The summed E-state index contributed by atoms with van der Waals surface area (Å²) < 4.78 is 13.1. The summed E-state index contributed by atoms with van der Waals surface area (Å²) in [7, 11) is 0. The van der Waals surface area contributed by atoms with Gasteiger partial charge in [-0.15, -0.1) is 11.8 Å². The molecule has 1 aliphatic rings. The van der Waals surface area contributed by atoms with Crippen molar-refractivity contribution in [2.24, 2.45) is 5.92 Å². The average molecular weight is 226 g/mol. The highest BCUT2D eigenvalue weighted by Gasteiger charge is 2.14. The predicted molar refractivity (Wildman–Crippen MR) is 62.5 cm³/mol. The van der Waals surface area contributed by atoms with Crippen LogP contribution in [0.25, 0.3) is 0 Å². The first-order chi connectivity index (χ1) is 7.25. The Morgan fingerprint density at radius 3 is 3.07 bits per heavy atom. The molecule has 0 bridgehead atoms. The van der Waals surface area contributed by atoms with Crippen LogP contribution in [-0.2, 0) is 0 Å². The minimum absolute atomic E-state index is 0.224. The Hall–Kier alpha value is -0.740. The van der Waals surface area contributed by atoms with Crippen molar-refractivity contribution in [1.29, 1.82) is 0 Å². The summed E-state index contributed by atoms with van der Waals surface area (Å²) in [6, 6.07) is 5.03. The van der Waals surface area contributed by atoms with Crippen LogP contribution >= 0.6 is 11.8 Å². The molecule has 82 valence electrons. The molecule has 0 aliphatic carbocycles. The zero-order valence-electron chi connectivity index (χ0n) is 8.50. The average Bonchev–Trinajstić information content (AvgIpc) is 2.73. The number of benzene rings is 1. The van der Waals surface area contributed by atoms with Crippen molar-refractivity contribution in [2.75, 3.05) is 24.6 Å². The molecule has 1 aromatic carbocycles. The van der Waals surface area contributed by atoms with E-state index in [1.165, 1.54) is 12.5 Å². The molecule has 1 heterocycles. The molecule has 0 amide bonds. The Labute approximate surface area is 93.4 Å². The van der Waals surface area contributed by atoms with Crippen LogP contribution in [0.1, 0.15) is 6.42 Å². The van der Waals surface area contributed by atoms with Gasteiger partial charge < -0.3 is 11.1 Å². The smallest absolute Gasteiger partial charge is 0.147 e. The lowest BCUT2D eigenvalue weighted by Gasteiger charge is -2.07. The number of thioether (sulfide) groups is 1. The Kier molecular flexibility index (Phi) is 3.49. The molecule has 1 saturated heterocycles. The van der Waals surface area contributed by atoms with Crippen molar-refractivity contribution in [3.63, 3.8) is 0 Å². The Morgan fingerprint density at radius 1 is 1.53 bits per heavy atom. The second-order valence-corrected chi connectivity index (χ2v) is 4.95. The van der Waals surface area contributed by atoms with Crippen LogP contribution in [0, 0.1) is 11.7 Å². The van der Waals surface area contributed by atoms with Crippen LogP contribution in [-0.4, -0.2) is 18.8 Å². The third-order valence-electron chi connectivity index (χ3n) is 2.62. The van der Waals surface area contributed by atoms with Gasteiger partial charge in [0.1, 0.15) is 5.82 Å². The van der Waals surface area contributed by atoms with E-state index in [9.17, 15) is 4.39 Å². The molecule has 1 aromatic rings. The van der Waals surface area contributed by atoms with Crippen LogP contribution in [0.3, 0.4) is 0 Å². The fourth-order valence-corrected chi connectivity index (χ4v) is 2.73. The zero-order chi connectivity index (χ0) is 10.7. The van der Waals surface area contributed by atoms with Crippen LogP contribution in [0.15, 0.2) is 23.1 Å². The first kappa shape index (κ1) is 10.8. The van der Waals surface area contributed by atoms with E-state index in [0.717, 1.165) is 29.7 Å². The minimum Gasteiger partial charge on any atom is -0.396 e. The molecule has 0 spiro atoms. The van der Waals surface area contributed by atoms with E-state index in [0.29, 0.717) is 0 Å². The highest BCUT2D eigenvalue weighted by molar-refractivity contribution is 7.99. The maximum Gasteiger partial charge on any atom is 0.147 e. The van der Waals surface area contributed by atoms with Crippen molar-refractivity contribution >= 4 is 17.4 Å². The maximum absolute atomic E-state index is 13.1. The Bertz CT molecular complexity index is 337. The van der Waals surface area contributed by atoms with Gasteiger partial charge in [0, 0.05) is 10.6 Å². The highest BCUT2D eigenvalue weighted by atomic mass is 32.2. The van der Waals surface area contributed by atoms with Gasteiger partial charge in [-0.25, -0.2) is 4.39 Å². The number of halogens is 1. The lowest BCUT2D eigenvalue weighted by Crippen LogP contribution is -2.10. The van der Waals surface area contributed by atoms with Gasteiger partial charge in [0.25, 0.3) is 0 Å². The van der Waals surface area contributed by atoms with E-state index in [1.807, 2.05) is 6.07 Å². The lowest BCUT2D eigenvalue weighted by molar-refractivity contribution is 0.628. The normalized spacial score (nSPS) is 20.7. The molecule has 1 aliphatic heterocycles. The van der Waals surface area contributed by atoms with E-state index in [4.69, 9.17) is 5.73 Å². The van der Waals surface area contributed by atoms with Gasteiger partial charge in [-0.05, 0) is 43.6 Å². The molecule has 1 fully saturated rings. The molecular weight excluding hydrogens is 211 g/mol. The van der Waals surface area contributed by atoms with Crippen molar-refractivity contribution in [3.8, 4) is 0 Å². The van der Waals surface area contributed by atoms with Crippen LogP contribution < -0.4 is 11.1 Å². The van der Waals surface area contributed by atoms with Gasteiger partial charge in [0.15, 0.2) is 0 Å². The third-order valence-corrected chi connectivity index (χ3v) is 3.85. The van der Waals surface area contributed by atoms with Gasteiger partial charge in [0.05, 0.1) is 5.69 Å². The largest absolute Gasteiger partial charge is 0.396 e. The van der Waals surface area contributed by atoms with Crippen LogP contribution in [0.2, 0.25) is 0 Å². The molecule has 2 rings (SSSR count). The minimum atomic E-state index is -0.315. The zero-order valence-corrected chi connectivity index (χ0v) is 9.32. The second-order valence-electron chi connectivity index (χ2n) is 3.85. The number of hydrogen-bond acceptors (Lipinski definition) is 3. The van der Waals surface area contributed by atoms with Gasteiger partial charge >= 0.3 is 0 Å². The number of nitrogens with one attached hydrogen (secondary N) is 1. The summed E-state index contributed by atoms with van der Waals surface area (Å²) in [6.07, 6.45) is 1.23. The van der Waals surface area contributed by atoms with Crippen molar-refractivity contribution in [2.45, 2.75) is 11.3 Å². The third kappa shape index (κ3) is 2.86. The lowest BCUT2D eigenvalue weighted by atomic mass is 10.2. The SMILES string of the molecule is Nc1ccc(SCC2CCNC2)cc1F. The first-order valence-corrected chi connectivity index (χ1v) is 6.13. The Morgan fingerprint density at radius 2 is 2.40 bits per heavy atom. The molecule has 2 nitrogen and oxygen atoms in total. The summed E-state index contributed by atoms with van der Waals surface area (Å²) in [5.74, 6) is 1.45. The molecule has 3 N–H and O–H groups in total. The molecule has 0 radical (unpaired) electrons. The van der Waals surface area contributed by atoms with E-state index in [1.54, 1.807) is 17.8 Å². The second kappa shape index (κ2) is 4.86. The quantitative estimate of drug-likeness (QED) is 0.612. The molecule has 4 heteroatoms. The fourth-order valence-electron chi connectivity index (χ4n) is 1.67. The number of nitrogen functional groups attached to an aromatic ring is 1. The van der Waals surface area contributed by atoms with E-state index < -0.39 is 0 Å². The summed E-state index contributed by atoms with van der Waals surface area (Å²) in [5.41, 5.74) is 5.64. The summed E-state index contributed by atoms with van der Waals surface area (Å²) in [6.45, 7) is 2.20. The number of hydrogen-bond donors (Lipinski definition) is 2. The topological polar surface area (TPSA) is 38.0 Å². The van der Waals surface area contributed by atoms with Gasteiger partial charge in [-0.2, -0.15) is 0 Å². The van der Waals surface area contributed by atoms with Crippen molar-refractivity contribution < 1.29 is 4.39 Å². The van der Waals surface area contributed by atoms with Gasteiger partial charge in [-0.3, -0.25) is 0 Å². The molecular formula is C11H15FN2S. The van der Waals surface area contributed by atoms with Gasteiger partial charge in [0.2, 0.25) is 0 Å². The molecule has 15 heavy (non-hydrogen) atoms. The fraction of sp³-hybridized carbons (Fsp3) is 0.455. The Balaban J connectivity index is 1.90. The summed E-state index contributed by atoms with van der Waals surface area (Å²) in [5, 5.41) is 3.32. The first-order valence-electron chi connectivity index (χ1n) is 5.14. The van der Waals surface area contributed by atoms with Crippen LogP contribution in [0.4, 0.5) is 10.1 Å². The van der Waals surface area contributed by atoms with E-state index >= 15 is 0 Å². The number of rotatable bonds is 3. The van der Waals surface area contributed by atoms with E-state index in [-0.39, 0.29) is 11.5 Å². The molecule has 0 saturated carbocycles. The molecule has 0 aromatic heterocycles. The maximum atomic E-state index is 13.1. The van der Waals surface area contributed by atoms with Gasteiger partial charge in [-0.1, -0.05) is 0 Å². The standard InChI is InChI=1S/C11H15FN2S/c12-10-5-9(1-2-11(10)13)15-7-8-3-4-14-6-8/h1-2,5,8,14H,3-4,6-7,13H2. The summed E-state index contributed by atoms with van der Waals surface area (Å²) >= 11 is 1.70.